The average Bonchev–Trinajstić information content (AvgIpc) is 2.90. The minimum Gasteiger partial charge on any atom is -0.493 e. The van der Waals surface area contributed by atoms with Crippen LogP contribution in [0.25, 0.3) is 0 Å². The molecule has 3 aromatic carbocycles. The Balaban J connectivity index is 1.63. The Labute approximate surface area is 218 Å². The van der Waals surface area contributed by atoms with Crippen molar-refractivity contribution in [1.29, 1.82) is 0 Å². The van der Waals surface area contributed by atoms with E-state index < -0.39 is 22.0 Å². The zero-order valence-electron chi connectivity index (χ0n) is 21.6. The van der Waals surface area contributed by atoms with Crippen molar-refractivity contribution in [2.75, 3.05) is 25.1 Å². The van der Waals surface area contributed by atoms with Crippen LogP contribution < -0.4 is 23.8 Å². The fourth-order valence-electron chi connectivity index (χ4n) is 4.10. The molecular weight excluding hydrogens is 492 g/mol. The lowest BCUT2D eigenvalue weighted by Gasteiger charge is -2.36. The van der Waals surface area contributed by atoms with Gasteiger partial charge in [0.2, 0.25) is 0 Å². The maximum atomic E-state index is 13.7. The van der Waals surface area contributed by atoms with E-state index in [9.17, 15) is 13.2 Å². The van der Waals surface area contributed by atoms with Crippen LogP contribution in [0.1, 0.15) is 31.9 Å². The normalized spacial score (nSPS) is 15.4. The second kappa shape index (κ2) is 10.3. The first-order valence-corrected chi connectivity index (χ1v) is 13.4. The van der Waals surface area contributed by atoms with Gasteiger partial charge in [0.1, 0.15) is 5.75 Å². The molecule has 0 saturated carbocycles. The number of ether oxygens (including phenoxy) is 3. The number of amides is 1. The Bertz CT molecular complexity index is 1380. The van der Waals surface area contributed by atoms with E-state index in [1.165, 1.54) is 4.31 Å². The molecule has 1 heterocycles. The molecule has 0 spiro atoms. The summed E-state index contributed by atoms with van der Waals surface area (Å²) < 4.78 is 45.3. The van der Waals surface area contributed by atoms with E-state index in [4.69, 9.17) is 14.2 Å². The molecule has 0 aromatic heterocycles. The second-order valence-corrected chi connectivity index (χ2v) is 11.7. The van der Waals surface area contributed by atoms with E-state index in [-0.39, 0.29) is 23.4 Å². The third-order valence-corrected chi connectivity index (χ3v) is 8.03. The Hall–Kier alpha value is -3.72. The Morgan fingerprint density at radius 3 is 2.35 bits per heavy atom. The number of fused-ring (bicyclic) bond motifs is 1. The number of carbonyl (C=O) groups excluding carboxylic acids is 1. The van der Waals surface area contributed by atoms with Gasteiger partial charge in [-0.1, -0.05) is 51.1 Å². The molecule has 1 unspecified atom stereocenters. The van der Waals surface area contributed by atoms with Gasteiger partial charge in [-0.25, -0.2) is 8.42 Å². The van der Waals surface area contributed by atoms with Crippen LogP contribution in [0.2, 0.25) is 0 Å². The summed E-state index contributed by atoms with van der Waals surface area (Å²) in [4.78, 5) is 13.3. The molecule has 8 nitrogen and oxygen atoms in total. The largest absolute Gasteiger partial charge is 0.493 e. The van der Waals surface area contributed by atoms with Crippen LogP contribution in [0.5, 0.6) is 17.2 Å². The molecule has 37 heavy (non-hydrogen) atoms. The van der Waals surface area contributed by atoms with E-state index in [0.717, 1.165) is 11.1 Å². The Morgan fingerprint density at radius 1 is 1.00 bits per heavy atom. The number of rotatable bonds is 7. The summed E-state index contributed by atoms with van der Waals surface area (Å²) in [6.45, 7) is 6.21. The standard InChI is InChI=1S/C28H32N2O6S/c1-28(2,3)20-12-14-23-22(16-20)30(37(32,33)21-9-7-6-8-10-21)18-26(36-23)27(31)29-17-19-11-13-24(34-4)25(15-19)35-5/h6-16,26H,17-18H2,1-5H3,(H,29,31). The quantitative estimate of drug-likeness (QED) is 0.496. The van der Waals surface area contributed by atoms with Gasteiger partial charge in [0.25, 0.3) is 15.9 Å². The van der Waals surface area contributed by atoms with Crippen molar-refractivity contribution >= 4 is 21.6 Å². The molecule has 0 radical (unpaired) electrons. The second-order valence-electron chi connectivity index (χ2n) is 9.80. The highest BCUT2D eigenvalue weighted by atomic mass is 32.2. The topological polar surface area (TPSA) is 94.2 Å². The summed E-state index contributed by atoms with van der Waals surface area (Å²) in [5.41, 5.74) is 1.97. The maximum Gasteiger partial charge on any atom is 0.264 e. The molecule has 0 bridgehead atoms. The van der Waals surface area contributed by atoms with Crippen molar-refractivity contribution in [3.05, 3.63) is 77.9 Å². The van der Waals surface area contributed by atoms with Crippen LogP contribution in [0, 0.1) is 0 Å². The van der Waals surface area contributed by atoms with Gasteiger partial charge in [0, 0.05) is 6.54 Å². The van der Waals surface area contributed by atoms with Gasteiger partial charge in [-0.05, 0) is 52.9 Å². The lowest BCUT2D eigenvalue weighted by Crippen LogP contribution is -2.50. The third kappa shape index (κ3) is 5.51. The SMILES string of the molecule is COc1ccc(CNC(=O)C2CN(S(=O)(=O)c3ccccc3)c3cc(C(C)(C)C)ccc3O2)cc1OC. The van der Waals surface area contributed by atoms with E-state index in [1.54, 1.807) is 62.8 Å². The van der Waals surface area contributed by atoms with Crippen molar-refractivity contribution < 1.29 is 27.4 Å². The number of nitrogens with one attached hydrogen (secondary N) is 1. The Kier molecular flexibility index (Phi) is 7.36. The third-order valence-electron chi connectivity index (χ3n) is 6.23. The fraction of sp³-hybridized carbons (Fsp3) is 0.321. The molecule has 1 amide bonds. The molecule has 9 heteroatoms. The summed E-state index contributed by atoms with van der Waals surface area (Å²) in [6, 6.07) is 19.0. The predicted octanol–water partition coefficient (Wildman–Crippen LogP) is 4.27. The van der Waals surface area contributed by atoms with Gasteiger partial charge in [0.15, 0.2) is 17.6 Å². The molecule has 1 N–H and O–H groups in total. The molecular formula is C28H32N2O6S. The highest BCUT2D eigenvalue weighted by molar-refractivity contribution is 7.92. The van der Waals surface area contributed by atoms with E-state index in [1.807, 2.05) is 18.2 Å². The molecule has 0 fully saturated rings. The van der Waals surface area contributed by atoms with Crippen molar-refractivity contribution in [3.8, 4) is 17.2 Å². The van der Waals surface area contributed by atoms with E-state index in [0.29, 0.717) is 22.9 Å². The number of hydrogen-bond donors (Lipinski definition) is 1. The van der Waals surface area contributed by atoms with Crippen LogP contribution in [0.4, 0.5) is 5.69 Å². The first-order chi connectivity index (χ1) is 17.5. The zero-order valence-corrected chi connectivity index (χ0v) is 22.5. The molecule has 0 aliphatic carbocycles. The minimum atomic E-state index is -3.95. The maximum absolute atomic E-state index is 13.7. The number of methoxy groups -OCH3 is 2. The zero-order chi connectivity index (χ0) is 26.8. The Morgan fingerprint density at radius 2 is 1.70 bits per heavy atom. The monoisotopic (exact) mass is 524 g/mol. The van der Waals surface area contributed by atoms with Gasteiger partial charge >= 0.3 is 0 Å². The van der Waals surface area contributed by atoms with Crippen molar-refractivity contribution in [2.45, 2.75) is 43.7 Å². The van der Waals surface area contributed by atoms with Crippen molar-refractivity contribution in [1.82, 2.24) is 5.32 Å². The van der Waals surface area contributed by atoms with Crippen LogP contribution in [-0.2, 0) is 26.8 Å². The van der Waals surface area contributed by atoms with Crippen molar-refractivity contribution in [3.63, 3.8) is 0 Å². The van der Waals surface area contributed by atoms with Crippen LogP contribution in [0.15, 0.2) is 71.6 Å². The summed E-state index contributed by atoms with van der Waals surface area (Å²) >= 11 is 0. The van der Waals surface area contributed by atoms with Gasteiger partial charge in [-0.2, -0.15) is 0 Å². The first-order valence-electron chi connectivity index (χ1n) is 11.9. The number of hydrogen-bond acceptors (Lipinski definition) is 6. The van der Waals surface area contributed by atoms with Gasteiger partial charge in [0.05, 0.1) is 31.3 Å². The fourth-order valence-corrected chi connectivity index (χ4v) is 5.58. The summed E-state index contributed by atoms with van der Waals surface area (Å²) in [5.74, 6) is 1.05. The predicted molar refractivity (Wildman–Crippen MR) is 142 cm³/mol. The molecule has 3 aromatic rings. The van der Waals surface area contributed by atoms with Crippen LogP contribution in [0.3, 0.4) is 0 Å². The molecule has 1 aliphatic heterocycles. The highest BCUT2D eigenvalue weighted by Gasteiger charge is 2.38. The molecule has 196 valence electrons. The van der Waals surface area contributed by atoms with E-state index in [2.05, 4.69) is 26.1 Å². The highest BCUT2D eigenvalue weighted by Crippen LogP contribution is 2.40. The molecule has 0 saturated heterocycles. The lowest BCUT2D eigenvalue weighted by atomic mass is 9.86. The molecule has 1 atom stereocenters. The number of carbonyl (C=O) groups is 1. The molecule has 4 rings (SSSR count). The number of anilines is 1. The summed E-state index contributed by atoms with van der Waals surface area (Å²) in [6.07, 6.45) is -1.04. The van der Waals surface area contributed by atoms with Crippen molar-refractivity contribution in [2.24, 2.45) is 0 Å². The van der Waals surface area contributed by atoms with Gasteiger partial charge in [-0.3, -0.25) is 9.10 Å². The first kappa shape index (κ1) is 26.3. The smallest absolute Gasteiger partial charge is 0.264 e. The average molecular weight is 525 g/mol. The minimum absolute atomic E-state index is 0.147. The molecule has 1 aliphatic rings. The summed E-state index contributed by atoms with van der Waals surface area (Å²) in [5, 5.41) is 2.85. The van der Waals surface area contributed by atoms with Gasteiger partial charge < -0.3 is 19.5 Å². The summed E-state index contributed by atoms with van der Waals surface area (Å²) in [7, 11) is -0.850. The van der Waals surface area contributed by atoms with Crippen LogP contribution in [-0.4, -0.2) is 41.2 Å². The van der Waals surface area contributed by atoms with Gasteiger partial charge in [-0.15, -0.1) is 0 Å². The lowest BCUT2D eigenvalue weighted by molar-refractivity contribution is -0.127. The number of benzene rings is 3. The number of nitrogens with zero attached hydrogens (tertiary/aromatic N) is 1. The van der Waals surface area contributed by atoms with E-state index >= 15 is 0 Å². The number of sulfonamides is 1. The van der Waals surface area contributed by atoms with Crippen LogP contribution >= 0.6 is 0 Å².